The lowest BCUT2D eigenvalue weighted by Crippen LogP contribution is -2.31. The van der Waals surface area contributed by atoms with Gasteiger partial charge in [-0.3, -0.25) is 9.48 Å². The first-order valence-electron chi connectivity index (χ1n) is 9.99. The predicted octanol–water partition coefficient (Wildman–Crippen LogP) is 2.96. The Kier molecular flexibility index (Phi) is 7.80. The lowest BCUT2D eigenvalue weighted by molar-refractivity contribution is -0.119. The summed E-state index contributed by atoms with van der Waals surface area (Å²) in [5.41, 5.74) is 1.26. The van der Waals surface area contributed by atoms with Crippen molar-refractivity contribution in [1.82, 2.24) is 14.1 Å². The van der Waals surface area contributed by atoms with E-state index in [1.165, 1.54) is 4.31 Å². The van der Waals surface area contributed by atoms with E-state index in [9.17, 15) is 13.2 Å². The van der Waals surface area contributed by atoms with Gasteiger partial charge < -0.3 is 10.2 Å². The molecule has 9 heteroatoms. The number of anilines is 2. The topological polar surface area (TPSA) is 87.5 Å². The quantitative estimate of drug-likeness (QED) is 0.637. The van der Waals surface area contributed by atoms with Crippen LogP contribution in [-0.2, 0) is 14.8 Å². The summed E-state index contributed by atoms with van der Waals surface area (Å²) in [6.45, 7) is 11.6. The standard InChI is InChI=1S/C20H31N5O3S/c1-6-23(7-2)19-12-11-17(29(27,28)24(8-3)9-4)15-18(19)22-20(26)16(5)25-14-10-13-21-25/h10-16H,6-9H2,1-5H3,(H,22,26). The number of carbonyl (C=O) groups is 1. The Morgan fingerprint density at radius 3 is 2.31 bits per heavy atom. The SMILES string of the molecule is CCN(CC)c1ccc(S(=O)(=O)N(CC)CC)cc1NC(=O)C(C)n1cccn1. The van der Waals surface area contributed by atoms with Crippen molar-refractivity contribution >= 4 is 27.3 Å². The van der Waals surface area contributed by atoms with Gasteiger partial charge in [0.25, 0.3) is 0 Å². The highest BCUT2D eigenvalue weighted by Gasteiger charge is 2.25. The van der Waals surface area contributed by atoms with E-state index in [2.05, 4.69) is 15.3 Å². The van der Waals surface area contributed by atoms with E-state index in [0.717, 1.165) is 18.8 Å². The van der Waals surface area contributed by atoms with Crippen molar-refractivity contribution < 1.29 is 13.2 Å². The van der Waals surface area contributed by atoms with Gasteiger partial charge in [0.1, 0.15) is 6.04 Å². The first-order valence-corrected chi connectivity index (χ1v) is 11.4. The van der Waals surface area contributed by atoms with Crippen molar-refractivity contribution in [2.24, 2.45) is 0 Å². The van der Waals surface area contributed by atoms with Crippen molar-refractivity contribution in [3.05, 3.63) is 36.7 Å². The van der Waals surface area contributed by atoms with Gasteiger partial charge in [0.15, 0.2) is 0 Å². The first kappa shape index (κ1) is 22.9. The minimum Gasteiger partial charge on any atom is -0.370 e. The lowest BCUT2D eigenvalue weighted by atomic mass is 10.2. The highest BCUT2D eigenvalue weighted by molar-refractivity contribution is 7.89. The fourth-order valence-corrected chi connectivity index (χ4v) is 4.68. The summed E-state index contributed by atoms with van der Waals surface area (Å²) in [7, 11) is -3.63. The molecule has 0 saturated heterocycles. The Labute approximate surface area is 173 Å². The Hall–Kier alpha value is -2.39. The highest BCUT2D eigenvalue weighted by atomic mass is 32.2. The van der Waals surface area contributed by atoms with Crippen molar-refractivity contribution in [2.45, 2.75) is 45.6 Å². The molecule has 1 N–H and O–H groups in total. The summed E-state index contributed by atoms with van der Waals surface area (Å²) in [5.74, 6) is -0.264. The van der Waals surface area contributed by atoms with E-state index in [1.807, 2.05) is 13.8 Å². The summed E-state index contributed by atoms with van der Waals surface area (Å²) in [5, 5.41) is 7.02. The molecule has 29 heavy (non-hydrogen) atoms. The molecular weight excluding hydrogens is 390 g/mol. The number of carbonyl (C=O) groups excluding carboxylic acids is 1. The smallest absolute Gasteiger partial charge is 0.249 e. The minimum absolute atomic E-state index is 0.166. The van der Waals surface area contributed by atoms with Gasteiger partial charge in [-0.15, -0.1) is 0 Å². The number of amides is 1. The van der Waals surface area contributed by atoms with Crippen LogP contribution in [-0.4, -0.2) is 54.6 Å². The van der Waals surface area contributed by atoms with Crippen LogP contribution in [0.1, 0.15) is 40.7 Å². The van der Waals surface area contributed by atoms with Crippen LogP contribution in [0.25, 0.3) is 0 Å². The van der Waals surface area contributed by atoms with Crippen LogP contribution in [0.2, 0.25) is 0 Å². The fraction of sp³-hybridized carbons (Fsp3) is 0.500. The molecule has 0 bridgehead atoms. The van der Waals surface area contributed by atoms with Gasteiger partial charge in [0.2, 0.25) is 15.9 Å². The molecule has 2 aromatic rings. The summed E-state index contributed by atoms with van der Waals surface area (Å²) < 4.78 is 28.9. The molecule has 1 heterocycles. The molecule has 0 fully saturated rings. The summed E-state index contributed by atoms with van der Waals surface area (Å²) >= 11 is 0. The molecule has 0 radical (unpaired) electrons. The van der Waals surface area contributed by atoms with Crippen LogP contribution < -0.4 is 10.2 Å². The summed E-state index contributed by atoms with van der Waals surface area (Å²) in [4.78, 5) is 15.1. The maximum absolute atomic E-state index is 13.0. The Balaban J connectivity index is 2.47. The molecule has 160 valence electrons. The molecule has 0 saturated carbocycles. The van der Waals surface area contributed by atoms with Crippen molar-refractivity contribution in [1.29, 1.82) is 0 Å². The normalized spacial score (nSPS) is 12.8. The number of hydrogen-bond donors (Lipinski definition) is 1. The van der Waals surface area contributed by atoms with Crippen LogP contribution in [0.4, 0.5) is 11.4 Å². The number of rotatable bonds is 10. The van der Waals surface area contributed by atoms with Crippen molar-refractivity contribution in [3.63, 3.8) is 0 Å². The number of nitrogens with zero attached hydrogens (tertiary/aromatic N) is 4. The van der Waals surface area contributed by atoms with Gasteiger partial charge in [-0.1, -0.05) is 13.8 Å². The van der Waals surface area contributed by atoms with E-state index in [4.69, 9.17) is 0 Å². The Morgan fingerprint density at radius 2 is 1.79 bits per heavy atom. The largest absolute Gasteiger partial charge is 0.370 e. The maximum atomic E-state index is 13.0. The van der Waals surface area contributed by atoms with E-state index in [0.29, 0.717) is 18.8 Å². The molecule has 2 rings (SSSR count). The van der Waals surface area contributed by atoms with Crippen LogP contribution >= 0.6 is 0 Å². The average Bonchev–Trinajstić information content (AvgIpc) is 3.24. The second-order valence-electron chi connectivity index (χ2n) is 6.59. The van der Waals surface area contributed by atoms with E-state index in [1.54, 1.807) is 62.1 Å². The second-order valence-corrected chi connectivity index (χ2v) is 8.53. The van der Waals surface area contributed by atoms with Crippen LogP contribution in [0, 0.1) is 0 Å². The molecule has 1 unspecified atom stereocenters. The van der Waals surface area contributed by atoms with Gasteiger partial charge >= 0.3 is 0 Å². The highest BCUT2D eigenvalue weighted by Crippen LogP contribution is 2.31. The number of aromatic nitrogens is 2. The van der Waals surface area contributed by atoms with Crippen molar-refractivity contribution in [2.75, 3.05) is 36.4 Å². The van der Waals surface area contributed by atoms with E-state index < -0.39 is 16.1 Å². The zero-order chi connectivity index (χ0) is 21.6. The molecule has 1 aromatic carbocycles. The van der Waals surface area contributed by atoms with Crippen LogP contribution in [0.5, 0.6) is 0 Å². The molecule has 0 aliphatic rings. The van der Waals surface area contributed by atoms with Gasteiger partial charge in [-0.25, -0.2) is 8.42 Å². The predicted molar refractivity (Wildman–Crippen MR) is 116 cm³/mol. The van der Waals surface area contributed by atoms with Gasteiger partial charge in [0.05, 0.1) is 16.3 Å². The van der Waals surface area contributed by atoms with E-state index >= 15 is 0 Å². The summed E-state index contributed by atoms with van der Waals surface area (Å²) in [6.07, 6.45) is 3.33. The van der Waals surface area contributed by atoms with Crippen LogP contribution in [0.3, 0.4) is 0 Å². The molecule has 0 aliphatic carbocycles. The monoisotopic (exact) mass is 421 g/mol. The fourth-order valence-electron chi connectivity index (χ4n) is 3.20. The summed E-state index contributed by atoms with van der Waals surface area (Å²) in [6, 6.07) is 6.14. The van der Waals surface area contributed by atoms with Gasteiger partial charge in [-0.05, 0) is 45.0 Å². The van der Waals surface area contributed by atoms with Crippen LogP contribution in [0.15, 0.2) is 41.6 Å². The molecule has 1 atom stereocenters. The third-order valence-electron chi connectivity index (χ3n) is 4.97. The molecule has 8 nitrogen and oxygen atoms in total. The number of nitrogens with one attached hydrogen (secondary N) is 1. The lowest BCUT2D eigenvalue weighted by Gasteiger charge is -2.26. The molecular formula is C20H31N5O3S. The Morgan fingerprint density at radius 1 is 1.14 bits per heavy atom. The average molecular weight is 422 g/mol. The van der Waals surface area contributed by atoms with Crippen molar-refractivity contribution in [3.8, 4) is 0 Å². The third-order valence-corrected chi connectivity index (χ3v) is 7.02. The third kappa shape index (κ3) is 4.97. The van der Waals surface area contributed by atoms with E-state index in [-0.39, 0.29) is 10.8 Å². The second kappa shape index (κ2) is 9.89. The molecule has 0 aliphatic heterocycles. The zero-order valence-corrected chi connectivity index (χ0v) is 18.6. The molecule has 0 spiro atoms. The van der Waals surface area contributed by atoms with Gasteiger partial charge in [-0.2, -0.15) is 9.40 Å². The molecule has 1 aromatic heterocycles. The number of hydrogen-bond acceptors (Lipinski definition) is 5. The maximum Gasteiger partial charge on any atom is 0.249 e. The minimum atomic E-state index is -3.63. The zero-order valence-electron chi connectivity index (χ0n) is 17.8. The first-order chi connectivity index (χ1) is 13.8. The number of sulfonamides is 1. The molecule has 1 amide bonds. The van der Waals surface area contributed by atoms with Gasteiger partial charge in [0, 0.05) is 38.6 Å². The number of benzene rings is 1. The Bertz CT molecular complexity index is 904.